The van der Waals surface area contributed by atoms with E-state index in [-0.39, 0.29) is 0 Å². The van der Waals surface area contributed by atoms with Crippen LogP contribution in [0.5, 0.6) is 0 Å². The van der Waals surface area contributed by atoms with Crippen molar-refractivity contribution in [2.75, 3.05) is 13.6 Å². The fraction of sp³-hybridized carbons (Fsp3) is 1.00. The van der Waals surface area contributed by atoms with Crippen LogP contribution in [0, 0.1) is 11.8 Å². The van der Waals surface area contributed by atoms with Crippen molar-refractivity contribution in [1.82, 2.24) is 4.90 Å². The van der Waals surface area contributed by atoms with E-state index in [1.807, 2.05) is 0 Å². The minimum atomic E-state index is 0.792. The average Bonchev–Trinajstić information content (AvgIpc) is 1.98. The van der Waals surface area contributed by atoms with Crippen molar-refractivity contribution in [3.8, 4) is 0 Å². The van der Waals surface area contributed by atoms with Gasteiger partial charge in [-0.1, -0.05) is 13.8 Å². The van der Waals surface area contributed by atoms with E-state index in [0.717, 1.165) is 17.9 Å². The monoisotopic (exact) mass is 127 g/mol. The molecule has 0 aromatic carbocycles. The summed E-state index contributed by atoms with van der Waals surface area (Å²) in [6, 6.07) is 0.792. The highest BCUT2D eigenvalue weighted by atomic mass is 15.2. The Morgan fingerprint density at radius 1 is 1.22 bits per heavy atom. The van der Waals surface area contributed by atoms with Crippen molar-refractivity contribution in [1.29, 1.82) is 0 Å². The highest BCUT2D eigenvalue weighted by molar-refractivity contribution is 4.83. The summed E-state index contributed by atoms with van der Waals surface area (Å²) in [6.07, 6.45) is 0. The largest absolute Gasteiger partial charge is 0.303 e. The van der Waals surface area contributed by atoms with Crippen molar-refractivity contribution in [3.05, 3.63) is 0 Å². The van der Waals surface area contributed by atoms with Gasteiger partial charge in [-0.25, -0.2) is 0 Å². The van der Waals surface area contributed by atoms with Gasteiger partial charge in [0.05, 0.1) is 0 Å². The Kier molecular flexibility index (Phi) is 1.80. The molecule has 1 aliphatic heterocycles. The van der Waals surface area contributed by atoms with Crippen LogP contribution in [0.2, 0.25) is 0 Å². The Morgan fingerprint density at radius 3 is 1.89 bits per heavy atom. The fourth-order valence-electron chi connectivity index (χ4n) is 1.66. The van der Waals surface area contributed by atoms with Crippen LogP contribution in [-0.2, 0) is 0 Å². The normalized spacial score (nSPS) is 46.0. The molecule has 0 aromatic heterocycles. The predicted octanol–water partition coefficient (Wildman–Crippen LogP) is 1.59. The molecular weight excluding hydrogens is 110 g/mol. The van der Waals surface area contributed by atoms with Gasteiger partial charge in [0.25, 0.3) is 0 Å². The summed E-state index contributed by atoms with van der Waals surface area (Å²) in [5.74, 6) is 1.78. The summed E-state index contributed by atoms with van der Waals surface area (Å²) in [5.41, 5.74) is 0. The molecule has 0 bridgehead atoms. The first kappa shape index (κ1) is 7.07. The molecule has 0 saturated carbocycles. The van der Waals surface area contributed by atoms with Crippen molar-refractivity contribution in [3.63, 3.8) is 0 Å². The van der Waals surface area contributed by atoms with E-state index >= 15 is 0 Å². The standard InChI is InChI=1S/C8H17N/c1-6-5-9(4)8(3)7(6)2/h6-8H,5H2,1-4H3/t6-,7-,8+/m0/s1. The Balaban J connectivity index is 2.54. The lowest BCUT2D eigenvalue weighted by molar-refractivity contribution is 0.300. The smallest absolute Gasteiger partial charge is 0.00926 e. The molecule has 3 atom stereocenters. The quantitative estimate of drug-likeness (QED) is 0.477. The average molecular weight is 127 g/mol. The fourth-order valence-corrected chi connectivity index (χ4v) is 1.66. The SMILES string of the molecule is C[C@@H]1[C@@H](C)N(C)C[C@@H]1C. The lowest BCUT2D eigenvalue weighted by atomic mass is 9.95. The van der Waals surface area contributed by atoms with Gasteiger partial charge < -0.3 is 4.90 Å². The van der Waals surface area contributed by atoms with Crippen LogP contribution in [0.4, 0.5) is 0 Å². The summed E-state index contributed by atoms with van der Waals surface area (Å²) in [5, 5.41) is 0. The van der Waals surface area contributed by atoms with E-state index in [1.54, 1.807) is 0 Å². The molecule has 0 radical (unpaired) electrons. The van der Waals surface area contributed by atoms with Gasteiger partial charge in [-0.2, -0.15) is 0 Å². The van der Waals surface area contributed by atoms with Crippen molar-refractivity contribution >= 4 is 0 Å². The predicted molar refractivity (Wildman–Crippen MR) is 40.4 cm³/mol. The second-order valence-electron chi connectivity index (χ2n) is 3.52. The van der Waals surface area contributed by atoms with Crippen molar-refractivity contribution in [2.24, 2.45) is 11.8 Å². The summed E-state index contributed by atoms with van der Waals surface area (Å²) >= 11 is 0. The molecule has 1 nitrogen and oxygen atoms in total. The molecule has 1 heteroatoms. The molecule has 0 aromatic rings. The molecule has 0 unspecified atom stereocenters. The van der Waals surface area contributed by atoms with Crippen LogP contribution in [0.1, 0.15) is 20.8 Å². The van der Waals surface area contributed by atoms with E-state index in [0.29, 0.717) is 0 Å². The number of likely N-dealkylation sites (tertiary alicyclic amines) is 1. The molecule has 1 saturated heterocycles. The van der Waals surface area contributed by atoms with E-state index in [4.69, 9.17) is 0 Å². The van der Waals surface area contributed by atoms with Crippen LogP contribution in [0.25, 0.3) is 0 Å². The van der Waals surface area contributed by atoms with E-state index in [9.17, 15) is 0 Å². The number of nitrogens with zero attached hydrogens (tertiary/aromatic N) is 1. The topological polar surface area (TPSA) is 3.24 Å². The Bertz CT molecular complexity index is 88.7. The summed E-state index contributed by atoms with van der Waals surface area (Å²) in [4.78, 5) is 2.44. The van der Waals surface area contributed by atoms with Gasteiger partial charge in [-0.05, 0) is 25.8 Å². The lowest BCUT2D eigenvalue weighted by Crippen LogP contribution is -2.24. The van der Waals surface area contributed by atoms with Crippen LogP contribution in [-0.4, -0.2) is 24.5 Å². The Labute approximate surface area is 58.0 Å². The van der Waals surface area contributed by atoms with Gasteiger partial charge in [0.1, 0.15) is 0 Å². The molecule has 1 fully saturated rings. The minimum Gasteiger partial charge on any atom is -0.303 e. The van der Waals surface area contributed by atoms with Gasteiger partial charge >= 0.3 is 0 Å². The molecule has 9 heavy (non-hydrogen) atoms. The highest BCUT2D eigenvalue weighted by Gasteiger charge is 2.30. The van der Waals surface area contributed by atoms with Gasteiger partial charge in [-0.3, -0.25) is 0 Å². The van der Waals surface area contributed by atoms with Crippen LogP contribution in [0.3, 0.4) is 0 Å². The molecule has 54 valence electrons. The molecular formula is C8H17N. The first-order valence-corrected chi connectivity index (χ1v) is 3.83. The van der Waals surface area contributed by atoms with Crippen LogP contribution < -0.4 is 0 Å². The zero-order valence-corrected chi connectivity index (χ0v) is 6.89. The summed E-state index contributed by atoms with van der Waals surface area (Å²) in [7, 11) is 2.21. The third kappa shape index (κ3) is 1.11. The van der Waals surface area contributed by atoms with E-state index < -0.39 is 0 Å². The second kappa shape index (κ2) is 2.30. The van der Waals surface area contributed by atoms with Crippen LogP contribution in [0.15, 0.2) is 0 Å². The van der Waals surface area contributed by atoms with Gasteiger partial charge in [0, 0.05) is 12.6 Å². The molecule has 1 aliphatic rings. The number of hydrogen-bond donors (Lipinski definition) is 0. The summed E-state index contributed by atoms with van der Waals surface area (Å²) in [6.45, 7) is 8.28. The third-order valence-corrected chi connectivity index (χ3v) is 2.93. The maximum Gasteiger partial charge on any atom is 0.00926 e. The molecule has 0 N–H and O–H groups in total. The maximum absolute atomic E-state index is 2.44. The first-order chi connectivity index (χ1) is 4.13. The lowest BCUT2D eigenvalue weighted by Gasteiger charge is -2.16. The first-order valence-electron chi connectivity index (χ1n) is 3.83. The Hall–Kier alpha value is -0.0400. The minimum absolute atomic E-state index is 0.792. The highest BCUT2D eigenvalue weighted by Crippen LogP contribution is 2.26. The van der Waals surface area contributed by atoms with Gasteiger partial charge in [-0.15, -0.1) is 0 Å². The van der Waals surface area contributed by atoms with Crippen LogP contribution >= 0.6 is 0 Å². The van der Waals surface area contributed by atoms with E-state index in [2.05, 4.69) is 32.7 Å². The van der Waals surface area contributed by atoms with Crippen molar-refractivity contribution in [2.45, 2.75) is 26.8 Å². The Morgan fingerprint density at radius 2 is 1.78 bits per heavy atom. The van der Waals surface area contributed by atoms with Gasteiger partial charge in [0.15, 0.2) is 0 Å². The molecule has 1 heterocycles. The van der Waals surface area contributed by atoms with E-state index in [1.165, 1.54) is 6.54 Å². The number of rotatable bonds is 0. The molecule has 0 amide bonds. The van der Waals surface area contributed by atoms with Gasteiger partial charge in [0.2, 0.25) is 0 Å². The van der Waals surface area contributed by atoms with Crippen molar-refractivity contribution < 1.29 is 0 Å². The number of hydrogen-bond acceptors (Lipinski definition) is 1. The summed E-state index contributed by atoms with van der Waals surface area (Å²) < 4.78 is 0. The molecule has 0 aliphatic carbocycles. The molecule has 1 rings (SSSR count). The zero-order chi connectivity index (χ0) is 7.02. The maximum atomic E-state index is 2.44. The second-order valence-corrected chi connectivity index (χ2v) is 3.52. The zero-order valence-electron chi connectivity index (χ0n) is 6.89. The third-order valence-electron chi connectivity index (χ3n) is 2.93. The molecule has 0 spiro atoms.